The van der Waals surface area contributed by atoms with Gasteiger partial charge < -0.3 is 10.6 Å². The van der Waals surface area contributed by atoms with E-state index in [9.17, 15) is 13.6 Å². The number of anilines is 1. The Labute approximate surface area is 111 Å². The number of benzene rings is 1. The van der Waals surface area contributed by atoms with E-state index < -0.39 is 11.6 Å². The first-order chi connectivity index (χ1) is 9.08. The maximum absolute atomic E-state index is 13.4. The molecule has 2 unspecified atom stereocenters. The Hall–Kier alpha value is -1.49. The summed E-state index contributed by atoms with van der Waals surface area (Å²) >= 11 is 0. The maximum Gasteiger partial charge on any atom is 0.226 e. The largest absolute Gasteiger partial charge is 0.323 e. The molecule has 3 nitrogen and oxygen atoms in total. The molecule has 1 amide bonds. The van der Waals surface area contributed by atoms with Crippen LogP contribution in [0.2, 0.25) is 0 Å². The summed E-state index contributed by atoms with van der Waals surface area (Å²) in [4.78, 5) is 11.8. The van der Waals surface area contributed by atoms with Crippen molar-refractivity contribution in [2.75, 3.05) is 11.9 Å². The van der Waals surface area contributed by atoms with Gasteiger partial charge in [0.15, 0.2) is 11.6 Å². The molecule has 1 aromatic rings. The average Bonchev–Trinajstić information content (AvgIpc) is 2.38. The highest BCUT2D eigenvalue weighted by atomic mass is 19.2. The van der Waals surface area contributed by atoms with Gasteiger partial charge in [-0.2, -0.15) is 0 Å². The van der Waals surface area contributed by atoms with Gasteiger partial charge in [0.25, 0.3) is 0 Å². The lowest BCUT2D eigenvalue weighted by atomic mass is 9.90. The molecule has 0 spiro atoms. The first-order valence-corrected chi connectivity index (χ1v) is 6.55. The zero-order valence-electron chi connectivity index (χ0n) is 10.9. The van der Waals surface area contributed by atoms with Crippen LogP contribution < -0.4 is 10.6 Å². The summed E-state index contributed by atoms with van der Waals surface area (Å²) in [5, 5.41) is 5.71. The van der Waals surface area contributed by atoms with Crippen molar-refractivity contribution in [1.82, 2.24) is 5.32 Å². The predicted molar refractivity (Wildman–Crippen MR) is 69.8 cm³/mol. The van der Waals surface area contributed by atoms with Crippen molar-refractivity contribution < 1.29 is 13.6 Å². The summed E-state index contributed by atoms with van der Waals surface area (Å²) in [7, 11) is 0. The third-order valence-electron chi connectivity index (χ3n) is 3.56. The molecule has 2 rings (SSSR count). The van der Waals surface area contributed by atoms with Crippen LogP contribution >= 0.6 is 0 Å². The molecule has 1 heterocycles. The van der Waals surface area contributed by atoms with E-state index in [1.165, 1.54) is 12.1 Å². The summed E-state index contributed by atoms with van der Waals surface area (Å²) in [6.07, 6.45) is 2.47. The molecule has 1 fully saturated rings. The quantitative estimate of drug-likeness (QED) is 0.885. The minimum absolute atomic E-state index is 0.102. The van der Waals surface area contributed by atoms with Crippen molar-refractivity contribution in [3.8, 4) is 0 Å². The molecule has 0 bridgehead atoms. The van der Waals surface area contributed by atoms with Crippen molar-refractivity contribution in [3.63, 3.8) is 0 Å². The van der Waals surface area contributed by atoms with Gasteiger partial charge in [0.05, 0.1) is 5.69 Å². The SMILES string of the molecule is CC1CCCNC1CC(=O)Nc1cccc(F)c1F. The molecular formula is C14H18F2N2O. The van der Waals surface area contributed by atoms with Crippen LogP contribution in [0.3, 0.4) is 0 Å². The van der Waals surface area contributed by atoms with E-state index in [2.05, 4.69) is 17.6 Å². The van der Waals surface area contributed by atoms with Crippen LogP contribution in [0.5, 0.6) is 0 Å². The molecule has 0 saturated carbocycles. The average molecular weight is 268 g/mol. The van der Waals surface area contributed by atoms with E-state index in [1.54, 1.807) is 0 Å². The molecule has 0 aliphatic carbocycles. The van der Waals surface area contributed by atoms with Gasteiger partial charge in [-0.15, -0.1) is 0 Å². The highest BCUT2D eigenvalue weighted by molar-refractivity contribution is 5.91. The maximum atomic E-state index is 13.4. The fraction of sp³-hybridized carbons (Fsp3) is 0.500. The molecule has 1 saturated heterocycles. The number of rotatable bonds is 3. The Morgan fingerprint density at radius 1 is 1.47 bits per heavy atom. The van der Waals surface area contributed by atoms with Crippen molar-refractivity contribution in [3.05, 3.63) is 29.8 Å². The van der Waals surface area contributed by atoms with Crippen molar-refractivity contribution in [2.24, 2.45) is 5.92 Å². The zero-order valence-corrected chi connectivity index (χ0v) is 10.9. The van der Waals surface area contributed by atoms with Gasteiger partial charge >= 0.3 is 0 Å². The Kier molecular flexibility index (Phi) is 4.47. The number of hydrogen-bond acceptors (Lipinski definition) is 2. The van der Waals surface area contributed by atoms with Crippen molar-refractivity contribution >= 4 is 11.6 Å². The molecule has 1 aliphatic heterocycles. The zero-order chi connectivity index (χ0) is 13.8. The van der Waals surface area contributed by atoms with Crippen LogP contribution in [0, 0.1) is 17.6 Å². The number of piperidine rings is 1. The lowest BCUT2D eigenvalue weighted by Crippen LogP contribution is -2.42. The van der Waals surface area contributed by atoms with E-state index in [1.807, 2.05) is 0 Å². The number of amides is 1. The number of halogens is 2. The number of carbonyl (C=O) groups excluding carboxylic acids is 1. The Bertz CT molecular complexity index is 465. The minimum atomic E-state index is -1.01. The summed E-state index contributed by atoms with van der Waals surface area (Å²) in [6, 6.07) is 3.85. The molecule has 2 N–H and O–H groups in total. The number of hydrogen-bond donors (Lipinski definition) is 2. The second-order valence-electron chi connectivity index (χ2n) is 5.03. The van der Waals surface area contributed by atoms with Gasteiger partial charge in [-0.1, -0.05) is 13.0 Å². The molecule has 0 radical (unpaired) electrons. The Morgan fingerprint density at radius 3 is 3.00 bits per heavy atom. The second-order valence-corrected chi connectivity index (χ2v) is 5.03. The van der Waals surface area contributed by atoms with Crippen LogP contribution in [0.4, 0.5) is 14.5 Å². The lowest BCUT2D eigenvalue weighted by Gasteiger charge is -2.29. The molecule has 1 aromatic carbocycles. The van der Waals surface area contributed by atoms with E-state index in [0.29, 0.717) is 5.92 Å². The molecule has 19 heavy (non-hydrogen) atoms. The minimum Gasteiger partial charge on any atom is -0.323 e. The van der Waals surface area contributed by atoms with E-state index in [0.717, 1.165) is 25.5 Å². The predicted octanol–water partition coefficient (Wildman–Crippen LogP) is 2.68. The molecule has 5 heteroatoms. The normalized spacial score (nSPS) is 23.1. The van der Waals surface area contributed by atoms with Gasteiger partial charge in [0.1, 0.15) is 0 Å². The smallest absolute Gasteiger partial charge is 0.226 e. The number of carbonyl (C=O) groups is 1. The summed E-state index contributed by atoms with van der Waals surface area (Å²) in [5.41, 5.74) is -0.103. The first kappa shape index (κ1) is 13.9. The van der Waals surface area contributed by atoms with Gasteiger partial charge in [-0.25, -0.2) is 8.78 Å². The van der Waals surface area contributed by atoms with Gasteiger partial charge in [-0.05, 0) is 37.4 Å². The van der Waals surface area contributed by atoms with Crippen LogP contribution in [-0.2, 0) is 4.79 Å². The van der Waals surface area contributed by atoms with Crippen LogP contribution in [-0.4, -0.2) is 18.5 Å². The lowest BCUT2D eigenvalue weighted by molar-refractivity contribution is -0.117. The molecule has 104 valence electrons. The van der Waals surface area contributed by atoms with Crippen LogP contribution in [0.25, 0.3) is 0 Å². The summed E-state index contributed by atoms with van der Waals surface area (Å²) in [5.74, 6) is -1.85. The molecule has 1 aliphatic rings. The highest BCUT2D eigenvalue weighted by Gasteiger charge is 2.23. The van der Waals surface area contributed by atoms with Crippen LogP contribution in [0.15, 0.2) is 18.2 Å². The van der Waals surface area contributed by atoms with Crippen LogP contribution in [0.1, 0.15) is 26.2 Å². The monoisotopic (exact) mass is 268 g/mol. The van der Waals surface area contributed by atoms with Gasteiger partial charge in [-0.3, -0.25) is 4.79 Å². The fourth-order valence-corrected chi connectivity index (χ4v) is 2.39. The Balaban J connectivity index is 1.95. The third kappa shape index (κ3) is 3.50. The molecular weight excluding hydrogens is 250 g/mol. The summed E-state index contributed by atoms with van der Waals surface area (Å²) < 4.78 is 26.4. The fourth-order valence-electron chi connectivity index (χ4n) is 2.39. The van der Waals surface area contributed by atoms with E-state index >= 15 is 0 Å². The number of nitrogens with one attached hydrogen (secondary N) is 2. The topological polar surface area (TPSA) is 41.1 Å². The standard InChI is InChI=1S/C14H18F2N2O/c1-9-4-3-7-17-12(9)8-13(19)18-11-6-2-5-10(15)14(11)16/h2,5-6,9,12,17H,3-4,7-8H2,1H3,(H,18,19). The van der Waals surface area contributed by atoms with Crippen molar-refractivity contribution in [1.29, 1.82) is 0 Å². The van der Waals surface area contributed by atoms with Gasteiger partial charge in [0, 0.05) is 12.5 Å². The van der Waals surface area contributed by atoms with Gasteiger partial charge in [0.2, 0.25) is 5.91 Å². The first-order valence-electron chi connectivity index (χ1n) is 6.55. The van der Waals surface area contributed by atoms with Crippen molar-refractivity contribution in [2.45, 2.75) is 32.2 Å². The van der Waals surface area contributed by atoms with E-state index in [-0.39, 0.29) is 24.1 Å². The highest BCUT2D eigenvalue weighted by Crippen LogP contribution is 2.20. The Morgan fingerprint density at radius 2 is 2.26 bits per heavy atom. The molecule has 0 aromatic heterocycles. The third-order valence-corrected chi connectivity index (χ3v) is 3.56. The second kappa shape index (κ2) is 6.10. The molecule has 2 atom stereocenters. The summed E-state index contributed by atoms with van der Waals surface area (Å²) in [6.45, 7) is 2.99. The van der Waals surface area contributed by atoms with E-state index in [4.69, 9.17) is 0 Å².